The zero-order chi connectivity index (χ0) is 14.8. The van der Waals surface area contributed by atoms with Gasteiger partial charge in [0.05, 0.1) is 0 Å². The molecule has 0 radical (unpaired) electrons. The SMILES string of the molecule is C/C=C/C=C/CC(/C=C/c1ccccc1)c1ccccc1. The van der Waals surface area contributed by atoms with E-state index >= 15 is 0 Å². The molecule has 0 fully saturated rings. The summed E-state index contributed by atoms with van der Waals surface area (Å²) in [7, 11) is 0. The van der Waals surface area contributed by atoms with E-state index in [1.54, 1.807) is 0 Å². The Labute approximate surface area is 128 Å². The maximum Gasteiger partial charge on any atom is 0.00559 e. The average molecular weight is 274 g/mol. The molecule has 0 aliphatic rings. The van der Waals surface area contributed by atoms with E-state index in [1.807, 2.05) is 19.1 Å². The van der Waals surface area contributed by atoms with Gasteiger partial charge in [0.1, 0.15) is 0 Å². The first-order valence-electron chi connectivity index (χ1n) is 7.46. The van der Waals surface area contributed by atoms with E-state index in [0.717, 1.165) is 6.42 Å². The van der Waals surface area contributed by atoms with Crippen LogP contribution in [0.25, 0.3) is 6.08 Å². The average Bonchev–Trinajstić information content (AvgIpc) is 2.56. The van der Waals surface area contributed by atoms with E-state index in [2.05, 4.69) is 85.0 Å². The van der Waals surface area contributed by atoms with Gasteiger partial charge < -0.3 is 0 Å². The number of rotatable bonds is 6. The van der Waals surface area contributed by atoms with Crippen LogP contribution in [0, 0.1) is 0 Å². The third-order valence-electron chi connectivity index (χ3n) is 3.38. The number of allylic oxidation sites excluding steroid dienone is 5. The molecule has 0 saturated heterocycles. The summed E-state index contributed by atoms with van der Waals surface area (Å²) in [5.41, 5.74) is 2.60. The van der Waals surface area contributed by atoms with Gasteiger partial charge in [-0.25, -0.2) is 0 Å². The van der Waals surface area contributed by atoms with Crippen LogP contribution in [-0.2, 0) is 0 Å². The molecule has 0 amide bonds. The van der Waals surface area contributed by atoms with E-state index in [-0.39, 0.29) is 0 Å². The minimum absolute atomic E-state index is 0.410. The number of hydrogen-bond donors (Lipinski definition) is 0. The monoisotopic (exact) mass is 274 g/mol. The van der Waals surface area contributed by atoms with Crippen molar-refractivity contribution in [2.45, 2.75) is 19.3 Å². The highest BCUT2D eigenvalue weighted by Gasteiger charge is 2.05. The fraction of sp³-hybridized carbons (Fsp3) is 0.143. The second kappa shape index (κ2) is 8.76. The van der Waals surface area contributed by atoms with Crippen molar-refractivity contribution in [3.05, 3.63) is 102 Å². The molecule has 0 bridgehead atoms. The molecule has 0 heterocycles. The van der Waals surface area contributed by atoms with Crippen molar-refractivity contribution in [1.29, 1.82) is 0 Å². The highest BCUT2D eigenvalue weighted by atomic mass is 14.1. The van der Waals surface area contributed by atoms with Gasteiger partial charge in [0.2, 0.25) is 0 Å². The molecule has 0 aromatic heterocycles. The van der Waals surface area contributed by atoms with Crippen LogP contribution in [0.1, 0.15) is 30.4 Å². The summed E-state index contributed by atoms with van der Waals surface area (Å²) in [6.07, 6.45) is 14.0. The Morgan fingerprint density at radius 2 is 1.52 bits per heavy atom. The molecule has 0 saturated carbocycles. The third kappa shape index (κ3) is 5.27. The molecule has 106 valence electrons. The Morgan fingerprint density at radius 3 is 2.19 bits per heavy atom. The molecule has 0 aliphatic heterocycles. The molecule has 1 unspecified atom stereocenters. The molecule has 0 nitrogen and oxygen atoms in total. The Hall–Kier alpha value is -2.34. The van der Waals surface area contributed by atoms with Crippen molar-refractivity contribution in [3.63, 3.8) is 0 Å². The van der Waals surface area contributed by atoms with Crippen LogP contribution < -0.4 is 0 Å². The molecule has 21 heavy (non-hydrogen) atoms. The van der Waals surface area contributed by atoms with E-state index in [0.29, 0.717) is 5.92 Å². The molecule has 0 heteroatoms. The summed E-state index contributed by atoms with van der Waals surface area (Å²) >= 11 is 0. The van der Waals surface area contributed by atoms with Gasteiger partial charge >= 0.3 is 0 Å². The van der Waals surface area contributed by atoms with Gasteiger partial charge in [-0.15, -0.1) is 0 Å². The first-order valence-corrected chi connectivity index (χ1v) is 7.46. The van der Waals surface area contributed by atoms with Gasteiger partial charge in [0.25, 0.3) is 0 Å². The van der Waals surface area contributed by atoms with Crippen molar-refractivity contribution in [2.75, 3.05) is 0 Å². The normalized spacial score (nSPS) is 13.4. The molecular formula is C21H22. The van der Waals surface area contributed by atoms with Crippen LogP contribution in [0.4, 0.5) is 0 Å². The smallest absolute Gasteiger partial charge is 0.00559 e. The maximum atomic E-state index is 2.30. The highest BCUT2D eigenvalue weighted by molar-refractivity contribution is 5.50. The maximum absolute atomic E-state index is 2.30. The predicted octanol–water partition coefficient (Wildman–Crippen LogP) is 6.01. The van der Waals surface area contributed by atoms with E-state index in [4.69, 9.17) is 0 Å². The molecule has 2 aromatic carbocycles. The minimum Gasteiger partial charge on any atom is -0.0877 e. The largest absolute Gasteiger partial charge is 0.0877 e. The van der Waals surface area contributed by atoms with Crippen molar-refractivity contribution in [2.24, 2.45) is 0 Å². The van der Waals surface area contributed by atoms with Crippen molar-refractivity contribution < 1.29 is 0 Å². The molecule has 2 rings (SSSR count). The summed E-state index contributed by atoms with van der Waals surface area (Å²) in [4.78, 5) is 0. The molecule has 0 N–H and O–H groups in total. The van der Waals surface area contributed by atoms with Crippen LogP contribution in [0.15, 0.2) is 91.0 Å². The van der Waals surface area contributed by atoms with Gasteiger partial charge in [-0.3, -0.25) is 0 Å². The topological polar surface area (TPSA) is 0 Å². The Morgan fingerprint density at radius 1 is 0.857 bits per heavy atom. The first kappa shape index (κ1) is 15.1. The van der Waals surface area contributed by atoms with Crippen LogP contribution in [0.2, 0.25) is 0 Å². The zero-order valence-electron chi connectivity index (χ0n) is 12.5. The quantitative estimate of drug-likeness (QED) is 0.566. The van der Waals surface area contributed by atoms with Crippen molar-refractivity contribution in [3.8, 4) is 0 Å². The zero-order valence-corrected chi connectivity index (χ0v) is 12.5. The van der Waals surface area contributed by atoms with Gasteiger partial charge in [0.15, 0.2) is 0 Å². The minimum atomic E-state index is 0.410. The predicted molar refractivity (Wildman–Crippen MR) is 93.2 cm³/mol. The highest BCUT2D eigenvalue weighted by Crippen LogP contribution is 2.22. The lowest BCUT2D eigenvalue weighted by molar-refractivity contribution is 0.867. The second-order valence-corrected chi connectivity index (χ2v) is 4.98. The first-order chi connectivity index (χ1) is 10.4. The Kier molecular flexibility index (Phi) is 6.28. The van der Waals surface area contributed by atoms with Crippen molar-refractivity contribution in [1.82, 2.24) is 0 Å². The van der Waals surface area contributed by atoms with Crippen LogP contribution in [0.3, 0.4) is 0 Å². The second-order valence-electron chi connectivity index (χ2n) is 4.98. The fourth-order valence-electron chi connectivity index (χ4n) is 2.23. The number of benzene rings is 2. The van der Waals surface area contributed by atoms with Gasteiger partial charge in [-0.05, 0) is 24.5 Å². The van der Waals surface area contributed by atoms with Crippen LogP contribution in [-0.4, -0.2) is 0 Å². The molecule has 0 aliphatic carbocycles. The summed E-state index contributed by atoms with van der Waals surface area (Å²) in [5, 5.41) is 0. The van der Waals surface area contributed by atoms with E-state index < -0.39 is 0 Å². The lowest BCUT2D eigenvalue weighted by Gasteiger charge is -2.10. The number of hydrogen-bond acceptors (Lipinski definition) is 0. The third-order valence-corrected chi connectivity index (χ3v) is 3.38. The lowest BCUT2D eigenvalue weighted by Crippen LogP contribution is -1.93. The molecular weight excluding hydrogens is 252 g/mol. The van der Waals surface area contributed by atoms with Gasteiger partial charge in [0, 0.05) is 5.92 Å². The standard InChI is InChI=1S/C21H22/c1-2-3-4-9-16-21(20-14-10-6-11-15-20)18-17-19-12-7-5-8-13-19/h2-15,17-18,21H,16H2,1H3/b3-2+,9-4+,18-17+. The fourth-order valence-corrected chi connectivity index (χ4v) is 2.23. The molecule has 2 aromatic rings. The van der Waals surface area contributed by atoms with E-state index in [1.165, 1.54) is 11.1 Å². The molecule has 1 atom stereocenters. The van der Waals surface area contributed by atoms with E-state index in [9.17, 15) is 0 Å². The summed E-state index contributed by atoms with van der Waals surface area (Å²) in [6.45, 7) is 2.04. The molecule has 0 spiro atoms. The summed E-state index contributed by atoms with van der Waals surface area (Å²) in [6, 6.07) is 21.1. The summed E-state index contributed by atoms with van der Waals surface area (Å²) < 4.78 is 0. The summed E-state index contributed by atoms with van der Waals surface area (Å²) in [5.74, 6) is 0.410. The van der Waals surface area contributed by atoms with Gasteiger partial charge in [-0.2, -0.15) is 0 Å². The van der Waals surface area contributed by atoms with Gasteiger partial charge in [-0.1, -0.05) is 97.1 Å². The van der Waals surface area contributed by atoms with Crippen LogP contribution in [0.5, 0.6) is 0 Å². The lowest BCUT2D eigenvalue weighted by atomic mass is 9.94. The Bertz CT molecular complexity index is 588. The van der Waals surface area contributed by atoms with Crippen molar-refractivity contribution >= 4 is 6.08 Å². The Balaban J connectivity index is 2.14. The van der Waals surface area contributed by atoms with Crippen LogP contribution >= 0.6 is 0 Å².